The number of carboxylic acids is 1. The zero-order chi connectivity index (χ0) is 12.6. The van der Waals surface area contributed by atoms with Gasteiger partial charge >= 0.3 is 11.9 Å². The first-order valence-corrected chi connectivity index (χ1v) is 5.29. The molecule has 5 nitrogen and oxygen atoms in total. The molecule has 0 spiro atoms. The Morgan fingerprint density at radius 3 is 2.62 bits per heavy atom. The van der Waals surface area contributed by atoms with E-state index in [2.05, 4.69) is 6.58 Å². The van der Waals surface area contributed by atoms with Gasteiger partial charge in [-0.15, -0.1) is 6.58 Å². The van der Waals surface area contributed by atoms with E-state index in [4.69, 9.17) is 15.6 Å². The number of allylic oxidation sites excluding steroid dienone is 1. The van der Waals surface area contributed by atoms with Gasteiger partial charge in [0, 0.05) is 0 Å². The van der Waals surface area contributed by atoms with Crippen molar-refractivity contribution in [2.75, 3.05) is 6.61 Å². The average Bonchev–Trinajstić information content (AvgIpc) is 2.25. The smallest absolute Gasteiger partial charge is 0.337 e. The van der Waals surface area contributed by atoms with Crippen LogP contribution in [0.4, 0.5) is 0 Å². The maximum atomic E-state index is 11.5. The molecule has 0 radical (unpaired) electrons. The summed E-state index contributed by atoms with van der Waals surface area (Å²) in [4.78, 5) is 22.5. The van der Waals surface area contributed by atoms with Crippen LogP contribution in [0.2, 0.25) is 0 Å². The molecule has 0 heterocycles. The summed E-state index contributed by atoms with van der Waals surface area (Å²) in [6.07, 6.45) is 3.43. The molecule has 0 fully saturated rings. The van der Waals surface area contributed by atoms with Crippen molar-refractivity contribution in [3.63, 3.8) is 0 Å². The van der Waals surface area contributed by atoms with E-state index in [0.717, 1.165) is 6.42 Å². The summed E-state index contributed by atoms with van der Waals surface area (Å²) >= 11 is 0. The Labute approximate surface area is 95.3 Å². The molecule has 16 heavy (non-hydrogen) atoms. The highest BCUT2D eigenvalue weighted by atomic mass is 16.5. The Morgan fingerprint density at radius 1 is 1.56 bits per heavy atom. The quantitative estimate of drug-likeness (QED) is 0.281. The summed E-state index contributed by atoms with van der Waals surface area (Å²) in [7, 11) is 0. The van der Waals surface area contributed by atoms with Gasteiger partial charge in [-0.25, -0.2) is 9.59 Å². The second kappa shape index (κ2) is 7.00. The van der Waals surface area contributed by atoms with Crippen LogP contribution < -0.4 is 5.73 Å². The Balaban J connectivity index is 4.44. The fourth-order valence-corrected chi connectivity index (χ4v) is 1.06. The summed E-state index contributed by atoms with van der Waals surface area (Å²) in [6, 6.07) is 0. The van der Waals surface area contributed by atoms with Crippen LogP contribution in [0.15, 0.2) is 12.7 Å². The van der Waals surface area contributed by atoms with Crippen LogP contribution in [-0.4, -0.2) is 29.2 Å². The maximum absolute atomic E-state index is 11.5. The Kier molecular flexibility index (Phi) is 6.41. The molecule has 0 aromatic rings. The second-order valence-corrected chi connectivity index (χ2v) is 3.59. The van der Waals surface area contributed by atoms with Gasteiger partial charge in [0.25, 0.3) is 0 Å². The van der Waals surface area contributed by atoms with E-state index in [9.17, 15) is 9.59 Å². The molecule has 1 unspecified atom stereocenters. The molecule has 0 aliphatic carbocycles. The van der Waals surface area contributed by atoms with Crippen molar-refractivity contribution in [3.05, 3.63) is 12.7 Å². The van der Waals surface area contributed by atoms with E-state index >= 15 is 0 Å². The highest BCUT2D eigenvalue weighted by molar-refractivity contribution is 6.03. The predicted molar refractivity (Wildman–Crippen MR) is 59.9 cm³/mol. The number of carbonyl (C=O) groups excluding carboxylic acids is 1. The summed E-state index contributed by atoms with van der Waals surface area (Å²) in [5.74, 6) is -2.24. The number of rotatable bonds is 8. The van der Waals surface area contributed by atoms with Gasteiger partial charge in [0.1, 0.15) is 0 Å². The lowest BCUT2D eigenvalue weighted by Crippen LogP contribution is -2.55. The number of carbonyl (C=O) groups is 2. The lowest BCUT2D eigenvalue weighted by atomic mass is 9.95. The van der Waals surface area contributed by atoms with E-state index < -0.39 is 17.5 Å². The number of esters is 1. The minimum atomic E-state index is -1.96. The first-order chi connectivity index (χ1) is 7.49. The molecule has 0 saturated carbocycles. The topological polar surface area (TPSA) is 89.6 Å². The van der Waals surface area contributed by atoms with Crippen LogP contribution in [0.5, 0.6) is 0 Å². The van der Waals surface area contributed by atoms with Crippen LogP contribution in [0.3, 0.4) is 0 Å². The van der Waals surface area contributed by atoms with Gasteiger partial charge in [-0.1, -0.05) is 19.4 Å². The van der Waals surface area contributed by atoms with Crippen LogP contribution in [0.1, 0.15) is 32.6 Å². The molecule has 0 amide bonds. The molecule has 3 N–H and O–H groups in total. The van der Waals surface area contributed by atoms with E-state index in [1.807, 2.05) is 6.92 Å². The van der Waals surface area contributed by atoms with Crippen molar-refractivity contribution in [2.45, 2.75) is 38.1 Å². The number of hydrogen-bond acceptors (Lipinski definition) is 4. The standard InChI is InChI=1S/C11H19NO4/c1-3-5-7-11(12,9(13)14)10(15)16-8-6-4-2/h3H,1,4-8,12H2,2H3,(H,13,14). The molecular formula is C11H19NO4. The fourth-order valence-electron chi connectivity index (χ4n) is 1.06. The Hall–Kier alpha value is -1.36. The number of aliphatic carboxylic acids is 1. The number of carboxylic acid groups (broad SMARTS) is 1. The molecule has 0 saturated heterocycles. The van der Waals surface area contributed by atoms with E-state index in [-0.39, 0.29) is 13.0 Å². The van der Waals surface area contributed by atoms with Crippen LogP contribution in [-0.2, 0) is 14.3 Å². The van der Waals surface area contributed by atoms with Gasteiger partial charge in [0.15, 0.2) is 0 Å². The normalized spacial score (nSPS) is 13.9. The van der Waals surface area contributed by atoms with Gasteiger partial charge in [-0.2, -0.15) is 0 Å². The van der Waals surface area contributed by atoms with Crippen molar-refractivity contribution in [1.82, 2.24) is 0 Å². The van der Waals surface area contributed by atoms with Crippen LogP contribution in [0, 0.1) is 0 Å². The molecule has 0 aliphatic heterocycles. The number of hydrogen-bond donors (Lipinski definition) is 2. The Morgan fingerprint density at radius 2 is 2.19 bits per heavy atom. The van der Waals surface area contributed by atoms with Gasteiger partial charge in [-0.05, 0) is 19.3 Å². The third-order valence-corrected chi connectivity index (χ3v) is 2.22. The highest BCUT2D eigenvalue weighted by Crippen LogP contribution is 2.13. The minimum Gasteiger partial charge on any atom is -0.479 e. The summed E-state index contributed by atoms with van der Waals surface area (Å²) in [5.41, 5.74) is 3.57. The van der Waals surface area contributed by atoms with Crippen molar-refractivity contribution < 1.29 is 19.4 Å². The van der Waals surface area contributed by atoms with Gasteiger partial charge in [0.2, 0.25) is 5.54 Å². The maximum Gasteiger partial charge on any atom is 0.337 e. The largest absolute Gasteiger partial charge is 0.479 e. The molecule has 5 heteroatoms. The first kappa shape index (κ1) is 14.6. The number of ether oxygens (including phenoxy) is 1. The molecule has 1 atom stereocenters. The predicted octanol–water partition coefficient (Wildman–Crippen LogP) is 1.08. The van der Waals surface area contributed by atoms with Crippen LogP contribution >= 0.6 is 0 Å². The molecule has 0 bridgehead atoms. The molecule has 0 rings (SSSR count). The van der Waals surface area contributed by atoms with E-state index in [1.165, 1.54) is 6.08 Å². The van der Waals surface area contributed by atoms with Gasteiger partial charge in [-0.3, -0.25) is 0 Å². The second-order valence-electron chi connectivity index (χ2n) is 3.59. The SMILES string of the molecule is C=CCCC(N)(C(=O)O)C(=O)OCCCC. The zero-order valence-electron chi connectivity index (χ0n) is 9.57. The highest BCUT2D eigenvalue weighted by Gasteiger charge is 2.43. The lowest BCUT2D eigenvalue weighted by molar-refractivity contribution is -0.161. The summed E-state index contributed by atoms with van der Waals surface area (Å²) in [6.45, 7) is 5.60. The summed E-state index contributed by atoms with van der Waals surface area (Å²) < 4.78 is 4.83. The fraction of sp³-hybridized carbons (Fsp3) is 0.636. The molecular weight excluding hydrogens is 210 g/mol. The number of nitrogens with two attached hydrogens (primary N) is 1. The van der Waals surface area contributed by atoms with Gasteiger partial charge in [0.05, 0.1) is 6.61 Å². The average molecular weight is 229 g/mol. The zero-order valence-corrected chi connectivity index (χ0v) is 9.57. The summed E-state index contributed by atoms with van der Waals surface area (Å²) in [5, 5.41) is 8.93. The lowest BCUT2D eigenvalue weighted by Gasteiger charge is -2.21. The third-order valence-electron chi connectivity index (χ3n) is 2.22. The minimum absolute atomic E-state index is 0.00318. The Bertz CT molecular complexity index is 265. The van der Waals surface area contributed by atoms with Crippen molar-refractivity contribution in [2.24, 2.45) is 5.73 Å². The van der Waals surface area contributed by atoms with E-state index in [0.29, 0.717) is 12.8 Å². The molecule has 0 aromatic heterocycles. The monoisotopic (exact) mass is 229 g/mol. The first-order valence-electron chi connectivity index (χ1n) is 5.29. The van der Waals surface area contributed by atoms with Crippen LogP contribution in [0.25, 0.3) is 0 Å². The van der Waals surface area contributed by atoms with E-state index in [1.54, 1.807) is 0 Å². The van der Waals surface area contributed by atoms with Gasteiger partial charge < -0.3 is 15.6 Å². The third kappa shape index (κ3) is 4.02. The molecule has 92 valence electrons. The molecule has 0 aliphatic rings. The van der Waals surface area contributed by atoms with Crippen molar-refractivity contribution in [1.29, 1.82) is 0 Å². The molecule has 0 aromatic carbocycles. The van der Waals surface area contributed by atoms with Crippen molar-refractivity contribution in [3.8, 4) is 0 Å². The van der Waals surface area contributed by atoms with Crippen molar-refractivity contribution >= 4 is 11.9 Å². The number of unbranched alkanes of at least 4 members (excludes halogenated alkanes) is 1.